The minimum Gasteiger partial charge on any atom is -0.414 e. The van der Waals surface area contributed by atoms with Crippen LogP contribution in [0.25, 0.3) is 0 Å². The number of hydrogen-bond donors (Lipinski definition) is 0. The molecule has 1 rings (SSSR count). The first-order valence-corrected chi connectivity index (χ1v) is 9.02. The van der Waals surface area contributed by atoms with Crippen LogP contribution in [0.1, 0.15) is 12.8 Å². The van der Waals surface area contributed by atoms with E-state index in [-0.39, 0.29) is 12.7 Å². The summed E-state index contributed by atoms with van der Waals surface area (Å²) in [5, 5.41) is 0. The summed E-state index contributed by atoms with van der Waals surface area (Å²) in [5.74, 6) is -2.42. The van der Waals surface area contributed by atoms with Gasteiger partial charge in [0.05, 0.1) is 0 Å². The number of halogens is 7. The standard InChI is InChI=1S/C11H17F7OSi/c1-20(5-3-2-4-19-20)11(18)9(15)7(13)6(12)8(14)10(16)17/h6-11H,2-5H2,1H3. The average molecular weight is 326 g/mol. The lowest BCUT2D eigenvalue weighted by molar-refractivity contribution is -0.0470. The summed E-state index contributed by atoms with van der Waals surface area (Å²) in [6, 6.07) is 0.228. The minimum absolute atomic E-state index is 0.203. The highest BCUT2D eigenvalue weighted by molar-refractivity contribution is 6.74. The van der Waals surface area contributed by atoms with Gasteiger partial charge in [0.15, 0.2) is 30.5 Å². The van der Waals surface area contributed by atoms with E-state index in [2.05, 4.69) is 0 Å². The van der Waals surface area contributed by atoms with Crippen molar-refractivity contribution in [2.24, 2.45) is 0 Å². The van der Waals surface area contributed by atoms with Crippen LogP contribution >= 0.6 is 0 Å². The summed E-state index contributed by atoms with van der Waals surface area (Å²) < 4.78 is 95.8. The van der Waals surface area contributed by atoms with Gasteiger partial charge in [-0.3, -0.25) is 0 Å². The molecule has 1 aliphatic rings. The van der Waals surface area contributed by atoms with E-state index < -0.39 is 45.2 Å². The molecule has 1 aliphatic heterocycles. The van der Waals surface area contributed by atoms with Crippen molar-refractivity contribution >= 4 is 8.32 Å². The highest BCUT2D eigenvalue weighted by Gasteiger charge is 2.51. The molecule has 0 aromatic carbocycles. The van der Waals surface area contributed by atoms with Gasteiger partial charge >= 0.3 is 0 Å². The molecule has 1 fully saturated rings. The number of rotatable bonds is 6. The quantitative estimate of drug-likeness (QED) is 0.532. The second kappa shape index (κ2) is 7.10. The zero-order chi connectivity index (χ0) is 15.5. The molecular formula is C11H17F7OSi. The van der Waals surface area contributed by atoms with Gasteiger partial charge in [-0.2, -0.15) is 0 Å². The molecule has 0 aromatic rings. The lowest BCUT2D eigenvalue weighted by Gasteiger charge is -2.36. The molecule has 20 heavy (non-hydrogen) atoms. The van der Waals surface area contributed by atoms with E-state index in [4.69, 9.17) is 4.43 Å². The molecule has 1 heterocycles. The molecule has 6 atom stereocenters. The van der Waals surface area contributed by atoms with Gasteiger partial charge in [-0.25, -0.2) is 30.7 Å². The Balaban J connectivity index is 2.69. The molecule has 6 unspecified atom stereocenters. The van der Waals surface area contributed by atoms with Crippen molar-refractivity contribution in [3.8, 4) is 0 Å². The van der Waals surface area contributed by atoms with Crippen LogP contribution in [0.3, 0.4) is 0 Å². The largest absolute Gasteiger partial charge is 0.414 e. The molecule has 0 N–H and O–H groups in total. The van der Waals surface area contributed by atoms with Gasteiger partial charge in [0.1, 0.15) is 0 Å². The number of alkyl halides is 7. The van der Waals surface area contributed by atoms with E-state index in [9.17, 15) is 30.7 Å². The molecule has 0 aromatic heterocycles. The highest BCUT2D eigenvalue weighted by Crippen LogP contribution is 2.33. The molecule has 0 saturated carbocycles. The third-order valence-electron chi connectivity index (χ3n) is 3.52. The summed E-state index contributed by atoms with van der Waals surface area (Å²) in [4.78, 5) is 0. The van der Waals surface area contributed by atoms with Crippen LogP contribution in [-0.2, 0) is 4.43 Å². The Hall–Kier alpha value is -0.313. The molecule has 0 aliphatic carbocycles. The fraction of sp³-hybridized carbons (Fsp3) is 1.00. The molecule has 1 saturated heterocycles. The Labute approximate surface area is 113 Å². The Morgan fingerprint density at radius 3 is 1.80 bits per heavy atom. The average Bonchev–Trinajstić information content (AvgIpc) is 2.43. The van der Waals surface area contributed by atoms with Crippen LogP contribution < -0.4 is 0 Å². The first-order valence-electron chi connectivity index (χ1n) is 6.33. The van der Waals surface area contributed by atoms with Crippen molar-refractivity contribution in [2.45, 2.75) is 62.3 Å². The fourth-order valence-corrected chi connectivity index (χ4v) is 5.16. The maximum atomic E-state index is 14.0. The summed E-state index contributed by atoms with van der Waals surface area (Å²) >= 11 is 0. The number of hydrogen-bond acceptors (Lipinski definition) is 1. The molecule has 0 amide bonds. The smallest absolute Gasteiger partial charge is 0.272 e. The summed E-state index contributed by atoms with van der Waals surface area (Å²) in [5.41, 5.74) is 0. The van der Waals surface area contributed by atoms with Crippen molar-refractivity contribution in [1.29, 1.82) is 0 Å². The minimum atomic E-state index is -3.78. The van der Waals surface area contributed by atoms with E-state index in [1.807, 2.05) is 0 Å². The Kier molecular flexibility index (Phi) is 6.30. The molecule has 0 bridgehead atoms. The zero-order valence-electron chi connectivity index (χ0n) is 10.8. The summed E-state index contributed by atoms with van der Waals surface area (Å²) in [6.07, 6.45) is -15.7. The van der Waals surface area contributed by atoms with Crippen LogP contribution in [-0.4, -0.2) is 51.8 Å². The maximum Gasteiger partial charge on any atom is 0.272 e. The maximum absolute atomic E-state index is 14.0. The lowest BCUT2D eigenvalue weighted by Crippen LogP contribution is -2.55. The van der Waals surface area contributed by atoms with E-state index in [0.29, 0.717) is 12.8 Å². The van der Waals surface area contributed by atoms with Crippen LogP contribution in [0.2, 0.25) is 12.6 Å². The lowest BCUT2D eigenvalue weighted by atomic mass is 10.1. The third-order valence-corrected chi connectivity index (χ3v) is 7.21. The van der Waals surface area contributed by atoms with Crippen LogP contribution in [0.15, 0.2) is 0 Å². The third kappa shape index (κ3) is 3.87. The molecular weight excluding hydrogens is 309 g/mol. The molecule has 0 radical (unpaired) electrons. The van der Waals surface area contributed by atoms with Crippen LogP contribution in [0.4, 0.5) is 30.7 Å². The van der Waals surface area contributed by atoms with Gasteiger partial charge in [-0.15, -0.1) is 0 Å². The molecule has 1 nitrogen and oxygen atoms in total. The second-order valence-corrected chi connectivity index (χ2v) is 9.10. The van der Waals surface area contributed by atoms with E-state index in [1.165, 1.54) is 6.55 Å². The second-order valence-electron chi connectivity index (χ2n) is 5.13. The fourth-order valence-electron chi connectivity index (χ4n) is 2.16. The first kappa shape index (κ1) is 17.7. The van der Waals surface area contributed by atoms with E-state index in [1.54, 1.807) is 0 Å². The Bertz CT molecular complexity index is 300. The van der Waals surface area contributed by atoms with E-state index >= 15 is 0 Å². The van der Waals surface area contributed by atoms with Gasteiger partial charge < -0.3 is 4.43 Å². The molecule has 9 heteroatoms. The molecule has 0 spiro atoms. The topological polar surface area (TPSA) is 9.23 Å². The Morgan fingerprint density at radius 1 is 0.800 bits per heavy atom. The van der Waals surface area contributed by atoms with Crippen molar-refractivity contribution in [1.82, 2.24) is 0 Å². The zero-order valence-corrected chi connectivity index (χ0v) is 11.8. The van der Waals surface area contributed by atoms with Crippen molar-refractivity contribution in [3.63, 3.8) is 0 Å². The SMILES string of the molecule is C[Si]1(C(F)C(F)C(F)C(F)C(F)C(F)F)CCCCO1. The van der Waals surface area contributed by atoms with Gasteiger partial charge in [0, 0.05) is 6.61 Å². The monoisotopic (exact) mass is 326 g/mol. The predicted octanol–water partition coefficient (Wildman–Crippen LogP) is 3.87. The van der Waals surface area contributed by atoms with Crippen molar-refractivity contribution in [2.75, 3.05) is 6.61 Å². The van der Waals surface area contributed by atoms with Gasteiger partial charge in [0.25, 0.3) is 6.43 Å². The van der Waals surface area contributed by atoms with Gasteiger partial charge in [0.2, 0.25) is 8.32 Å². The van der Waals surface area contributed by atoms with Gasteiger partial charge in [-0.1, -0.05) is 6.42 Å². The van der Waals surface area contributed by atoms with Crippen LogP contribution in [0.5, 0.6) is 0 Å². The Morgan fingerprint density at radius 2 is 1.35 bits per heavy atom. The highest BCUT2D eigenvalue weighted by atomic mass is 28.4. The first-order chi connectivity index (χ1) is 9.20. The molecule has 120 valence electrons. The van der Waals surface area contributed by atoms with Crippen LogP contribution in [0, 0.1) is 0 Å². The van der Waals surface area contributed by atoms with Gasteiger partial charge in [-0.05, 0) is 19.0 Å². The summed E-state index contributed by atoms with van der Waals surface area (Å²) in [7, 11) is -3.23. The van der Waals surface area contributed by atoms with E-state index in [0.717, 1.165) is 0 Å². The summed E-state index contributed by atoms with van der Waals surface area (Å²) in [6.45, 7) is 1.54. The predicted molar refractivity (Wildman–Crippen MR) is 62.1 cm³/mol. The van der Waals surface area contributed by atoms with Crippen molar-refractivity contribution < 1.29 is 35.2 Å². The van der Waals surface area contributed by atoms with Crippen molar-refractivity contribution in [3.05, 3.63) is 0 Å². The normalized spacial score (nSPS) is 31.6.